The number of Topliss-reactive ketones (excluding diaryl/α,β-unsaturated/α-hetero) is 1. The summed E-state index contributed by atoms with van der Waals surface area (Å²) in [6.45, 7) is 1.31. The molecule has 0 aliphatic carbocycles. The fourth-order valence-electron chi connectivity index (χ4n) is 0.126. The van der Waals surface area contributed by atoms with Crippen LogP contribution in [0.5, 0.6) is 0 Å². The van der Waals surface area contributed by atoms with E-state index in [0.717, 1.165) is 0 Å². The quantitative estimate of drug-likeness (QED) is 0.601. The molecular weight excluding hydrogens is 160 g/mol. The van der Waals surface area contributed by atoms with Gasteiger partial charge in [0.2, 0.25) is 0 Å². The van der Waals surface area contributed by atoms with Crippen molar-refractivity contribution >= 4 is 21.7 Å². The van der Waals surface area contributed by atoms with Crippen molar-refractivity contribution in [1.82, 2.24) is 0 Å². The maximum Gasteiger partial charge on any atom is 0.171 e. The second kappa shape index (κ2) is 3.16. The molecule has 0 amide bonds. The minimum atomic E-state index is -0.369. The van der Waals surface area contributed by atoms with Crippen LogP contribution in [0.15, 0.2) is 0 Å². The molecule has 42 valence electrons. The Kier molecular flexibility index (Phi) is 3.21. The Hall–Kier alpha value is 0.110. The first-order valence-corrected chi connectivity index (χ1v) is 2.87. The van der Waals surface area contributed by atoms with E-state index in [9.17, 15) is 4.79 Å². The summed E-state index contributed by atoms with van der Waals surface area (Å²) in [7, 11) is 0. The summed E-state index contributed by atoms with van der Waals surface area (Å²) in [5, 5.41) is 8.13. The van der Waals surface area contributed by atoms with E-state index in [0.29, 0.717) is 0 Å². The van der Waals surface area contributed by atoms with Gasteiger partial charge in [0.1, 0.15) is 6.61 Å². The van der Waals surface area contributed by atoms with Crippen LogP contribution in [0.3, 0.4) is 0 Å². The molecule has 0 saturated carbocycles. The molecule has 0 aromatic rings. The van der Waals surface area contributed by atoms with Gasteiger partial charge in [0.05, 0.1) is 4.83 Å². The zero-order valence-corrected chi connectivity index (χ0v) is 5.60. The predicted octanol–water partition coefficient (Wildman–Crippen LogP) is 0.331. The highest BCUT2D eigenvalue weighted by Crippen LogP contribution is 1.96. The zero-order chi connectivity index (χ0) is 5.86. The van der Waals surface area contributed by atoms with Gasteiger partial charge in [0, 0.05) is 0 Å². The molecule has 1 atom stereocenters. The second-order valence-electron chi connectivity index (χ2n) is 1.24. The predicted molar refractivity (Wildman–Crippen MR) is 30.5 cm³/mol. The van der Waals surface area contributed by atoms with Crippen LogP contribution >= 0.6 is 15.9 Å². The number of hydrogen-bond acceptors (Lipinski definition) is 2. The topological polar surface area (TPSA) is 37.3 Å². The van der Waals surface area contributed by atoms with Crippen LogP contribution in [0.2, 0.25) is 0 Å². The number of rotatable bonds is 2. The lowest BCUT2D eigenvalue weighted by Crippen LogP contribution is -2.13. The van der Waals surface area contributed by atoms with Gasteiger partial charge < -0.3 is 5.11 Å². The fourth-order valence-corrected chi connectivity index (χ4v) is 0.271. The summed E-state index contributed by atoms with van der Waals surface area (Å²) in [4.78, 5) is 10.0. The lowest BCUT2D eigenvalue weighted by molar-refractivity contribution is -0.120. The monoisotopic (exact) mass is 166 g/mol. The van der Waals surface area contributed by atoms with E-state index in [-0.39, 0.29) is 17.2 Å². The van der Waals surface area contributed by atoms with E-state index >= 15 is 0 Å². The molecule has 1 N–H and O–H groups in total. The Balaban J connectivity index is 3.35. The normalized spacial score (nSPS) is 13.6. The molecule has 0 fully saturated rings. The van der Waals surface area contributed by atoms with Crippen molar-refractivity contribution in [1.29, 1.82) is 0 Å². The number of ketones is 1. The third-order valence-electron chi connectivity index (χ3n) is 0.600. The average molecular weight is 167 g/mol. The van der Waals surface area contributed by atoms with Crippen molar-refractivity contribution < 1.29 is 9.90 Å². The first kappa shape index (κ1) is 7.11. The lowest BCUT2D eigenvalue weighted by atomic mass is 10.3. The smallest absolute Gasteiger partial charge is 0.171 e. The molecule has 0 radical (unpaired) electrons. The second-order valence-corrected chi connectivity index (χ2v) is 2.61. The van der Waals surface area contributed by atoms with Crippen molar-refractivity contribution in [3.63, 3.8) is 0 Å². The third kappa shape index (κ3) is 2.76. The van der Waals surface area contributed by atoms with Crippen molar-refractivity contribution in [3.05, 3.63) is 0 Å². The van der Waals surface area contributed by atoms with Crippen LogP contribution < -0.4 is 0 Å². The van der Waals surface area contributed by atoms with Crippen LogP contribution in [0.4, 0.5) is 0 Å². The van der Waals surface area contributed by atoms with Crippen molar-refractivity contribution in [2.24, 2.45) is 0 Å². The maximum absolute atomic E-state index is 10.2. The molecule has 7 heavy (non-hydrogen) atoms. The Morgan fingerprint density at radius 3 is 2.43 bits per heavy atom. The van der Waals surface area contributed by atoms with Crippen LogP contribution in [-0.4, -0.2) is 22.3 Å². The number of carbonyl (C=O) groups is 1. The minimum Gasteiger partial charge on any atom is -0.389 e. The van der Waals surface area contributed by atoms with Gasteiger partial charge in [0.15, 0.2) is 5.78 Å². The highest BCUT2D eigenvalue weighted by Gasteiger charge is 2.04. The molecule has 0 heterocycles. The number of halogens is 1. The summed E-state index contributed by atoms with van der Waals surface area (Å²) in [5.41, 5.74) is 0. The third-order valence-corrected chi connectivity index (χ3v) is 1.11. The van der Waals surface area contributed by atoms with Crippen LogP contribution in [0.25, 0.3) is 0 Å². The lowest BCUT2D eigenvalue weighted by Gasteiger charge is -1.93. The van der Waals surface area contributed by atoms with Crippen molar-refractivity contribution in [2.75, 3.05) is 6.61 Å². The number of carbonyl (C=O) groups excluding carboxylic acids is 1. The van der Waals surface area contributed by atoms with Gasteiger partial charge >= 0.3 is 0 Å². The fraction of sp³-hybridized carbons (Fsp3) is 0.750. The molecule has 1 unspecified atom stereocenters. The summed E-state index contributed by atoms with van der Waals surface area (Å²) < 4.78 is 0. The van der Waals surface area contributed by atoms with Gasteiger partial charge in [-0.25, -0.2) is 0 Å². The maximum atomic E-state index is 10.2. The highest BCUT2D eigenvalue weighted by molar-refractivity contribution is 9.10. The Morgan fingerprint density at radius 2 is 2.43 bits per heavy atom. The summed E-state index contributed by atoms with van der Waals surface area (Å²) >= 11 is 2.99. The van der Waals surface area contributed by atoms with Gasteiger partial charge in [-0.15, -0.1) is 0 Å². The molecule has 2 nitrogen and oxygen atoms in total. The Bertz CT molecular complexity index is 70.1. The van der Waals surface area contributed by atoms with Gasteiger partial charge in [-0.1, -0.05) is 15.9 Å². The number of aliphatic hydroxyl groups excluding tert-OH is 1. The van der Waals surface area contributed by atoms with Gasteiger partial charge in [-0.3, -0.25) is 4.79 Å². The zero-order valence-electron chi connectivity index (χ0n) is 4.02. The molecule has 3 heteroatoms. The summed E-state index contributed by atoms with van der Waals surface area (Å²) in [6.07, 6.45) is 0. The Morgan fingerprint density at radius 1 is 2.00 bits per heavy atom. The van der Waals surface area contributed by atoms with E-state index in [1.165, 1.54) is 0 Å². The minimum absolute atomic E-state index is 0.181. The first-order valence-electron chi connectivity index (χ1n) is 1.96. The van der Waals surface area contributed by atoms with Crippen molar-refractivity contribution in [2.45, 2.75) is 11.8 Å². The molecule has 0 rings (SSSR count). The SMILES string of the molecule is CC(Br)C(=O)CO. The van der Waals surface area contributed by atoms with E-state index in [4.69, 9.17) is 5.11 Å². The van der Waals surface area contributed by atoms with E-state index < -0.39 is 0 Å². The average Bonchev–Trinajstić information content (AvgIpc) is 1.65. The highest BCUT2D eigenvalue weighted by atomic mass is 79.9. The largest absolute Gasteiger partial charge is 0.389 e. The molecule has 0 aliphatic rings. The molecular formula is C4H7BrO2. The van der Waals surface area contributed by atoms with Crippen LogP contribution in [0, 0.1) is 0 Å². The summed E-state index contributed by atoms with van der Waals surface area (Å²) in [5.74, 6) is -0.181. The van der Waals surface area contributed by atoms with Crippen LogP contribution in [-0.2, 0) is 4.79 Å². The van der Waals surface area contributed by atoms with E-state index in [2.05, 4.69) is 15.9 Å². The molecule has 0 aliphatic heterocycles. The molecule has 0 bridgehead atoms. The van der Waals surface area contributed by atoms with Gasteiger partial charge in [-0.2, -0.15) is 0 Å². The first-order chi connectivity index (χ1) is 3.18. The van der Waals surface area contributed by atoms with Gasteiger partial charge in [0.25, 0.3) is 0 Å². The van der Waals surface area contributed by atoms with E-state index in [1.54, 1.807) is 6.92 Å². The molecule has 0 aromatic heterocycles. The molecule has 0 spiro atoms. The molecule has 0 aromatic carbocycles. The number of aliphatic hydroxyl groups is 1. The Labute approximate surface area is 50.7 Å². The van der Waals surface area contributed by atoms with E-state index in [1.807, 2.05) is 0 Å². The van der Waals surface area contributed by atoms with Crippen LogP contribution in [0.1, 0.15) is 6.92 Å². The van der Waals surface area contributed by atoms with Gasteiger partial charge in [-0.05, 0) is 6.92 Å². The number of alkyl halides is 1. The van der Waals surface area contributed by atoms with Crippen molar-refractivity contribution in [3.8, 4) is 0 Å². The number of hydrogen-bond donors (Lipinski definition) is 1. The molecule has 0 saturated heterocycles. The summed E-state index contributed by atoms with van der Waals surface area (Å²) in [6, 6.07) is 0. The standard InChI is InChI=1S/C4H7BrO2/c1-3(5)4(7)2-6/h3,6H,2H2,1H3.